The first-order valence-corrected chi connectivity index (χ1v) is 5.67. The highest BCUT2D eigenvalue weighted by Gasteiger charge is 2.36. The number of likely N-dealkylation sites (N-methyl/N-ethyl adjacent to an activating group) is 1. The fourth-order valence-electron chi connectivity index (χ4n) is 2.35. The number of hydrogen-bond acceptors (Lipinski definition) is 2. The van der Waals surface area contributed by atoms with Gasteiger partial charge >= 0.3 is 0 Å². The van der Waals surface area contributed by atoms with E-state index in [-0.39, 0.29) is 0 Å². The van der Waals surface area contributed by atoms with Gasteiger partial charge in [-0.2, -0.15) is 0 Å². The van der Waals surface area contributed by atoms with E-state index in [4.69, 9.17) is 0 Å². The summed E-state index contributed by atoms with van der Waals surface area (Å²) in [7, 11) is 2.08. The molecule has 2 nitrogen and oxygen atoms in total. The summed E-state index contributed by atoms with van der Waals surface area (Å²) in [4.78, 5) is 2.59. The molecule has 0 spiro atoms. The minimum Gasteiger partial charge on any atom is -0.316 e. The minimum absolute atomic E-state index is 0.298. The largest absolute Gasteiger partial charge is 0.316 e. The van der Waals surface area contributed by atoms with E-state index in [1.807, 2.05) is 0 Å². The van der Waals surface area contributed by atoms with Crippen LogP contribution in [0.3, 0.4) is 0 Å². The summed E-state index contributed by atoms with van der Waals surface area (Å²) in [5.74, 6) is 0. The van der Waals surface area contributed by atoms with Crippen molar-refractivity contribution in [2.45, 2.75) is 52.6 Å². The van der Waals surface area contributed by atoms with Gasteiger partial charge in [-0.3, -0.25) is 4.90 Å². The van der Waals surface area contributed by atoms with Crippen LogP contribution in [0.1, 0.15) is 41.0 Å². The third-order valence-corrected chi connectivity index (χ3v) is 3.22. The Morgan fingerprint density at radius 3 is 2.29 bits per heavy atom. The molecule has 1 aliphatic rings. The first kappa shape index (κ1) is 12.0. The summed E-state index contributed by atoms with van der Waals surface area (Å²) < 4.78 is 0. The van der Waals surface area contributed by atoms with Crippen molar-refractivity contribution in [3.63, 3.8) is 0 Å². The number of nitrogens with one attached hydrogen (secondary N) is 1. The Labute approximate surface area is 89.1 Å². The van der Waals surface area contributed by atoms with E-state index >= 15 is 0 Å². The summed E-state index contributed by atoms with van der Waals surface area (Å²) in [6.07, 6.45) is 1.29. The summed E-state index contributed by atoms with van der Waals surface area (Å²) in [6, 6.07) is 0.651. The second-order valence-corrected chi connectivity index (χ2v) is 6.41. The third kappa shape index (κ3) is 2.96. The molecule has 1 heterocycles. The van der Waals surface area contributed by atoms with Crippen molar-refractivity contribution in [3.05, 3.63) is 0 Å². The number of rotatable bonds is 1. The van der Waals surface area contributed by atoms with Crippen molar-refractivity contribution in [2.24, 2.45) is 5.41 Å². The van der Waals surface area contributed by atoms with E-state index in [1.54, 1.807) is 0 Å². The number of hydrogen-bond donors (Lipinski definition) is 1. The van der Waals surface area contributed by atoms with Gasteiger partial charge in [-0.25, -0.2) is 0 Å². The standard InChI is InChI=1S/C12H26N2/c1-11(2,3)14-8-10(13-6)7-12(4,5)9-14/h10,13H,7-9H2,1-6H3. The van der Waals surface area contributed by atoms with Crippen molar-refractivity contribution in [2.75, 3.05) is 20.1 Å². The molecule has 1 rings (SSSR count). The molecule has 1 saturated heterocycles. The second kappa shape index (κ2) is 3.82. The van der Waals surface area contributed by atoms with Crippen molar-refractivity contribution in [1.82, 2.24) is 10.2 Å². The predicted octanol–water partition coefficient (Wildman–Crippen LogP) is 2.10. The lowest BCUT2D eigenvalue weighted by Gasteiger charge is -2.48. The van der Waals surface area contributed by atoms with Gasteiger partial charge < -0.3 is 5.32 Å². The molecule has 84 valence electrons. The lowest BCUT2D eigenvalue weighted by atomic mass is 9.80. The van der Waals surface area contributed by atoms with Gasteiger partial charge in [0, 0.05) is 24.7 Å². The van der Waals surface area contributed by atoms with Crippen molar-refractivity contribution in [1.29, 1.82) is 0 Å². The zero-order valence-electron chi connectivity index (χ0n) is 10.6. The molecule has 0 amide bonds. The molecule has 2 heteroatoms. The Morgan fingerprint density at radius 1 is 1.29 bits per heavy atom. The van der Waals surface area contributed by atoms with E-state index < -0.39 is 0 Å². The molecule has 1 fully saturated rings. The maximum Gasteiger partial charge on any atom is 0.0197 e. The molecule has 0 aromatic carbocycles. The molecular weight excluding hydrogens is 172 g/mol. The summed E-state index contributed by atoms with van der Waals surface area (Å²) in [6.45, 7) is 14.1. The summed E-state index contributed by atoms with van der Waals surface area (Å²) in [5.41, 5.74) is 0.742. The molecule has 0 aromatic rings. The fraction of sp³-hybridized carbons (Fsp3) is 1.00. The average Bonchev–Trinajstić information content (AvgIpc) is 1.99. The van der Waals surface area contributed by atoms with Crippen LogP contribution in [-0.4, -0.2) is 36.6 Å². The number of likely N-dealkylation sites (tertiary alicyclic amines) is 1. The summed E-state index contributed by atoms with van der Waals surface area (Å²) in [5, 5.41) is 3.42. The molecule has 1 aliphatic heterocycles. The molecule has 1 atom stereocenters. The lowest BCUT2D eigenvalue weighted by molar-refractivity contribution is 0.0260. The van der Waals surface area contributed by atoms with Crippen molar-refractivity contribution >= 4 is 0 Å². The Bertz CT molecular complexity index is 191. The first-order chi connectivity index (χ1) is 6.24. The SMILES string of the molecule is CNC1CN(C(C)(C)C)CC(C)(C)C1. The number of nitrogens with zero attached hydrogens (tertiary/aromatic N) is 1. The van der Waals surface area contributed by atoms with Crippen LogP contribution >= 0.6 is 0 Å². The smallest absolute Gasteiger partial charge is 0.0197 e. The monoisotopic (exact) mass is 198 g/mol. The zero-order valence-corrected chi connectivity index (χ0v) is 10.6. The molecule has 0 radical (unpaired) electrons. The quantitative estimate of drug-likeness (QED) is 0.694. The number of piperidine rings is 1. The molecule has 1 unspecified atom stereocenters. The van der Waals surface area contributed by atoms with E-state index in [1.165, 1.54) is 19.5 Å². The first-order valence-electron chi connectivity index (χ1n) is 5.67. The average molecular weight is 198 g/mol. The molecule has 0 aliphatic carbocycles. The van der Waals surface area contributed by atoms with E-state index in [0.717, 1.165) is 0 Å². The molecular formula is C12H26N2. The second-order valence-electron chi connectivity index (χ2n) is 6.41. The van der Waals surface area contributed by atoms with Gasteiger partial charge in [-0.05, 0) is 39.7 Å². The maximum atomic E-state index is 3.42. The van der Waals surface area contributed by atoms with Crippen LogP contribution in [0.15, 0.2) is 0 Å². The molecule has 0 aromatic heterocycles. The zero-order chi connectivity index (χ0) is 11.0. The van der Waals surface area contributed by atoms with Gasteiger partial charge in [-0.15, -0.1) is 0 Å². The lowest BCUT2D eigenvalue weighted by Crippen LogP contribution is -2.57. The Balaban J connectivity index is 2.71. The highest BCUT2D eigenvalue weighted by atomic mass is 15.2. The van der Waals surface area contributed by atoms with Crippen LogP contribution in [-0.2, 0) is 0 Å². The van der Waals surface area contributed by atoms with Crippen LogP contribution in [0, 0.1) is 5.41 Å². The highest BCUT2D eigenvalue weighted by Crippen LogP contribution is 2.32. The van der Waals surface area contributed by atoms with Crippen LogP contribution in [0.25, 0.3) is 0 Å². The summed E-state index contributed by atoms with van der Waals surface area (Å²) >= 11 is 0. The minimum atomic E-state index is 0.298. The highest BCUT2D eigenvalue weighted by molar-refractivity contribution is 4.92. The van der Waals surface area contributed by atoms with Gasteiger partial charge in [-0.1, -0.05) is 13.8 Å². The third-order valence-electron chi connectivity index (χ3n) is 3.22. The molecule has 0 saturated carbocycles. The van der Waals surface area contributed by atoms with Crippen LogP contribution in [0.4, 0.5) is 0 Å². The molecule has 0 bridgehead atoms. The fourth-order valence-corrected chi connectivity index (χ4v) is 2.35. The molecule has 14 heavy (non-hydrogen) atoms. The van der Waals surface area contributed by atoms with E-state index in [0.29, 0.717) is 17.0 Å². The Kier molecular flexibility index (Phi) is 3.27. The maximum absolute atomic E-state index is 3.42. The predicted molar refractivity (Wildman–Crippen MR) is 62.6 cm³/mol. The normalized spacial score (nSPS) is 29.1. The van der Waals surface area contributed by atoms with Gasteiger partial charge in [0.25, 0.3) is 0 Å². The molecule has 1 N–H and O–H groups in total. The van der Waals surface area contributed by atoms with Gasteiger partial charge in [0.05, 0.1) is 0 Å². The van der Waals surface area contributed by atoms with Gasteiger partial charge in [0.2, 0.25) is 0 Å². The van der Waals surface area contributed by atoms with Crippen LogP contribution < -0.4 is 5.32 Å². The van der Waals surface area contributed by atoms with Crippen LogP contribution in [0.2, 0.25) is 0 Å². The van der Waals surface area contributed by atoms with Crippen LogP contribution in [0.5, 0.6) is 0 Å². The van der Waals surface area contributed by atoms with Crippen molar-refractivity contribution in [3.8, 4) is 0 Å². The van der Waals surface area contributed by atoms with E-state index in [9.17, 15) is 0 Å². The van der Waals surface area contributed by atoms with Gasteiger partial charge in [0.15, 0.2) is 0 Å². The Morgan fingerprint density at radius 2 is 1.86 bits per heavy atom. The Hall–Kier alpha value is -0.0800. The van der Waals surface area contributed by atoms with E-state index in [2.05, 4.69) is 51.9 Å². The topological polar surface area (TPSA) is 15.3 Å². The van der Waals surface area contributed by atoms with Crippen molar-refractivity contribution < 1.29 is 0 Å². The van der Waals surface area contributed by atoms with Gasteiger partial charge in [0.1, 0.15) is 0 Å².